The number of anilines is 4. The Balaban J connectivity index is 1.43. The molecule has 5 nitrogen and oxygen atoms in total. The van der Waals surface area contributed by atoms with Gasteiger partial charge in [-0.05, 0) is 40.6 Å². The van der Waals surface area contributed by atoms with Crippen molar-refractivity contribution in [3.63, 3.8) is 0 Å². The lowest BCUT2D eigenvalue weighted by Crippen LogP contribution is -2.05. The lowest BCUT2D eigenvalue weighted by molar-refractivity contribution is 0.920. The summed E-state index contributed by atoms with van der Waals surface area (Å²) in [5, 5.41) is 9.71. The maximum Gasteiger partial charge on any atom is 0.233 e. The van der Waals surface area contributed by atoms with Crippen molar-refractivity contribution in [3.8, 4) is 0 Å². The first-order chi connectivity index (χ1) is 15.8. The Hall–Kier alpha value is -3.90. The number of hydrogen-bond donors (Lipinski definition) is 2. The highest BCUT2D eigenvalue weighted by atomic mass is 32.2. The summed E-state index contributed by atoms with van der Waals surface area (Å²) in [6.07, 6.45) is 0. The Morgan fingerprint density at radius 2 is 1.12 bits per heavy atom. The largest absolute Gasteiger partial charge is 0.324 e. The molecule has 5 rings (SSSR count). The number of nitrogens with zero attached hydrogens (tertiary/aromatic N) is 3. The molecular formula is C26H21N5S. The molecule has 0 atom stereocenters. The topological polar surface area (TPSA) is 62.7 Å². The van der Waals surface area contributed by atoms with Crippen molar-refractivity contribution in [2.24, 2.45) is 0 Å². The summed E-state index contributed by atoms with van der Waals surface area (Å²) in [5.41, 5.74) is 3.10. The highest BCUT2D eigenvalue weighted by Gasteiger charge is 2.10. The highest BCUT2D eigenvalue weighted by Crippen LogP contribution is 2.27. The van der Waals surface area contributed by atoms with Gasteiger partial charge in [0.15, 0.2) is 5.16 Å². The van der Waals surface area contributed by atoms with Crippen molar-refractivity contribution in [3.05, 3.63) is 109 Å². The van der Waals surface area contributed by atoms with Crippen LogP contribution in [0.5, 0.6) is 0 Å². The van der Waals surface area contributed by atoms with E-state index in [9.17, 15) is 0 Å². The van der Waals surface area contributed by atoms with Crippen molar-refractivity contribution in [1.82, 2.24) is 15.0 Å². The molecule has 0 unspecified atom stereocenters. The Morgan fingerprint density at radius 3 is 1.78 bits per heavy atom. The van der Waals surface area contributed by atoms with Gasteiger partial charge in [0, 0.05) is 17.1 Å². The molecule has 1 aromatic heterocycles. The van der Waals surface area contributed by atoms with Crippen LogP contribution in [0.15, 0.2) is 108 Å². The molecule has 2 N–H and O–H groups in total. The SMILES string of the molecule is c1ccc(Nc2nc(Nc3ccccc3)nc(SCc3cccc4ccccc34)n2)cc1. The number of rotatable bonds is 7. The number of nitrogens with one attached hydrogen (secondary N) is 2. The fourth-order valence-electron chi connectivity index (χ4n) is 3.39. The quantitative estimate of drug-likeness (QED) is 0.274. The van der Waals surface area contributed by atoms with E-state index in [-0.39, 0.29) is 0 Å². The molecule has 0 bridgehead atoms. The third-order valence-electron chi connectivity index (χ3n) is 4.91. The van der Waals surface area contributed by atoms with E-state index in [1.165, 1.54) is 16.3 Å². The smallest absolute Gasteiger partial charge is 0.233 e. The molecule has 1 heterocycles. The minimum atomic E-state index is 0.505. The van der Waals surface area contributed by atoms with E-state index in [1.54, 1.807) is 11.8 Å². The molecule has 0 spiro atoms. The van der Waals surface area contributed by atoms with Crippen LogP contribution in [0.3, 0.4) is 0 Å². The van der Waals surface area contributed by atoms with Crippen LogP contribution in [0.25, 0.3) is 10.8 Å². The molecular weight excluding hydrogens is 414 g/mol. The Bertz CT molecular complexity index is 1260. The number of fused-ring (bicyclic) bond motifs is 1. The number of thioether (sulfide) groups is 1. The maximum atomic E-state index is 4.66. The predicted octanol–water partition coefficient (Wildman–Crippen LogP) is 6.80. The van der Waals surface area contributed by atoms with E-state index < -0.39 is 0 Å². The van der Waals surface area contributed by atoms with E-state index in [0.29, 0.717) is 17.1 Å². The van der Waals surface area contributed by atoms with Crippen LogP contribution in [0.1, 0.15) is 5.56 Å². The lowest BCUT2D eigenvalue weighted by atomic mass is 10.1. The Morgan fingerprint density at radius 1 is 0.562 bits per heavy atom. The van der Waals surface area contributed by atoms with Crippen molar-refractivity contribution >= 4 is 45.8 Å². The second kappa shape index (κ2) is 9.49. The number of hydrogen-bond acceptors (Lipinski definition) is 6. The normalized spacial score (nSPS) is 10.8. The molecule has 0 aliphatic carbocycles. The van der Waals surface area contributed by atoms with Crippen molar-refractivity contribution in [1.29, 1.82) is 0 Å². The predicted molar refractivity (Wildman–Crippen MR) is 133 cm³/mol. The van der Waals surface area contributed by atoms with Crippen LogP contribution in [0, 0.1) is 0 Å². The number of benzene rings is 4. The second-order valence-electron chi connectivity index (χ2n) is 7.17. The number of para-hydroxylation sites is 2. The third kappa shape index (κ3) is 4.87. The van der Waals surface area contributed by atoms with Gasteiger partial charge in [0.2, 0.25) is 11.9 Å². The third-order valence-corrected chi connectivity index (χ3v) is 5.81. The van der Waals surface area contributed by atoms with Gasteiger partial charge in [-0.2, -0.15) is 15.0 Å². The first kappa shape index (κ1) is 20.0. The van der Waals surface area contributed by atoms with Crippen LogP contribution in [-0.4, -0.2) is 15.0 Å². The molecule has 0 saturated heterocycles. The van der Waals surface area contributed by atoms with E-state index in [4.69, 9.17) is 0 Å². The molecule has 0 aliphatic heterocycles. The molecule has 156 valence electrons. The standard InChI is InChI=1S/C26H21N5S/c1-3-13-21(14-4-1)27-24-29-25(28-22-15-5-2-6-16-22)31-26(30-24)32-18-20-12-9-11-19-10-7-8-17-23(19)20/h1-17H,18H2,(H2,27,28,29,30,31). The monoisotopic (exact) mass is 435 g/mol. The molecule has 32 heavy (non-hydrogen) atoms. The zero-order chi connectivity index (χ0) is 21.6. The Kier molecular flexibility index (Phi) is 5.94. The van der Waals surface area contributed by atoms with Crippen molar-refractivity contribution in [2.75, 3.05) is 10.6 Å². The van der Waals surface area contributed by atoms with E-state index in [0.717, 1.165) is 17.1 Å². The summed E-state index contributed by atoms with van der Waals surface area (Å²) in [7, 11) is 0. The second-order valence-corrected chi connectivity index (χ2v) is 8.12. The molecule has 0 radical (unpaired) electrons. The van der Waals surface area contributed by atoms with Crippen LogP contribution in [0.4, 0.5) is 23.3 Å². The summed E-state index contributed by atoms with van der Waals surface area (Å²) in [5.74, 6) is 1.77. The maximum absolute atomic E-state index is 4.66. The zero-order valence-electron chi connectivity index (χ0n) is 17.3. The van der Waals surface area contributed by atoms with E-state index in [2.05, 4.69) is 68.1 Å². The fraction of sp³-hybridized carbons (Fsp3) is 0.0385. The minimum Gasteiger partial charge on any atom is -0.324 e. The van der Waals surface area contributed by atoms with E-state index >= 15 is 0 Å². The molecule has 6 heteroatoms. The first-order valence-corrected chi connectivity index (χ1v) is 11.3. The molecule has 0 fully saturated rings. The Labute approximate surface area is 191 Å². The van der Waals surface area contributed by atoms with Gasteiger partial charge in [-0.3, -0.25) is 0 Å². The summed E-state index contributed by atoms with van der Waals surface area (Å²) in [6.45, 7) is 0. The van der Waals surface area contributed by atoms with Gasteiger partial charge >= 0.3 is 0 Å². The van der Waals surface area contributed by atoms with E-state index in [1.807, 2.05) is 60.7 Å². The van der Waals surface area contributed by atoms with Gasteiger partial charge in [-0.25, -0.2) is 0 Å². The van der Waals surface area contributed by atoms with Gasteiger partial charge in [-0.15, -0.1) is 0 Å². The first-order valence-electron chi connectivity index (χ1n) is 10.3. The van der Waals surface area contributed by atoms with Crippen molar-refractivity contribution < 1.29 is 0 Å². The molecule has 0 saturated carbocycles. The van der Waals surface area contributed by atoms with Crippen molar-refractivity contribution in [2.45, 2.75) is 10.9 Å². The number of aromatic nitrogens is 3. The molecule has 4 aromatic carbocycles. The van der Waals surface area contributed by atoms with Crippen LogP contribution < -0.4 is 10.6 Å². The minimum absolute atomic E-state index is 0.505. The summed E-state index contributed by atoms with van der Waals surface area (Å²) < 4.78 is 0. The van der Waals surface area contributed by atoms with Crippen LogP contribution in [0.2, 0.25) is 0 Å². The fourth-order valence-corrected chi connectivity index (χ4v) is 4.23. The molecule has 0 aliphatic rings. The van der Waals surface area contributed by atoms with Gasteiger partial charge in [-0.1, -0.05) is 90.6 Å². The van der Waals surface area contributed by atoms with Gasteiger partial charge < -0.3 is 10.6 Å². The highest BCUT2D eigenvalue weighted by molar-refractivity contribution is 7.98. The van der Waals surface area contributed by atoms with Crippen LogP contribution >= 0.6 is 11.8 Å². The van der Waals surface area contributed by atoms with Gasteiger partial charge in [0.05, 0.1) is 0 Å². The summed E-state index contributed by atoms with van der Waals surface area (Å²) in [6, 6.07) is 34.6. The zero-order valence-corrected chi connectivity index (χ0v) is 18.1. The summed E-state index contributed by atoms with van der Waals surface area (Å²) in [4.78, 5) is 13.9. The molecule has 0 amide bonds. The molecule has 5 aromatic rings. The summed E-state index contributed by atoms with van der Waals surface area (Å²) >= 11 is 1.60. The average molecular weight is 436 g/mol. The van der Waals surface area contributed by atoms with Crippen LogP contribution in [-0.2, 0) is 5.75 Å². The van der Waals surface area contributed by atoms with Gasteiger partial charge in [0.25, 0.3) is 0 Å². The lowest BCUT2D eigenvalue weighted by Gasteiger charge is -2.11. The van der Waals surface area contributed by atoms with Gasteiger partial charge in [0.1, 0.15) is 0 Å². The average Bonchev–Trinajstić information content (AvgIpc) is 2.84.